The fourth-order valence-electron chi connectivity index (χ4n) is 3.49. The number of benzene rings is 3. The second kappa shape index (κ2) is 10.6. The van der Waals surface area contributed by atoms with Gasteiger partial charge in [-0.3, -0.25) is 9.59 Å². The summed E-state index contributed by atoms with van der Waals surface area (Å²) in [5.41, 5.74) is 3.76. The molecular weight excluding hydrogens is 405 g/mol. The number of hydrogen-bond donors (Lipinski definition) is 1. The minimum Gasteiger partial charge on any atom is -0.377 e. The Morgan fingerprint density at radius 2 is 1.66 bits per heavy atom. The molecule has 2 amide bonds. The minimum absolute atomic E-state index is 0.0782. The van der Waals surface area contributed by atoms with Crippen molar-refractivity contribution >= 4 is 23.2 Å². The van der Waals surface area contributed by atoms with Gasteiger partial charge in [-0.2, -0.15) is 0 Å². The maximum Gasteiger partial charge on any atom is 0.254 e. The van der Waals surface area contributed by atoms with Crippen molar-refractivity contribution < 1.29 is 14.0 Å². The standard InChI is InChI=1S/C26H28FN3O2/c1-4-25(31)28-23-13-14-24(29(2)3)21(16-23)18-30(17-19-9-6-5-7-10-19)26(32)20-11-8-12-22(27)15-20/h5-16H,4,17-18H2,1-3H3,(H,28,31). The maximum absolute atomic E-state index is 13.8. The summed E-state index contributed by atoms with van der Waals surface area (Å²) in [6.45, 7) is 2.46. The second-order valence-electron chi connectivity index (χ2n) is 7.80. The molecule has 0 unspecified atom stereocenters. The quantitative estimate of drug-likeness (QED) is 0.539. The third kappa shape index (κ3) is 5.94. The number of hydrogen-bond acceptors (Lipinski definition) is 3. The van der Waals surface area contributed by atoms with Crippen molar-refractivity contribution in [2.75, 3.05) is 24.3 Å². The first-order valence-electron chi connectivity index (χ1n) is 10.6. The molecule has 3 aromatic rings. The average Bonchev–Trinajstić information content (AvgIpc) is 2.78. The van der Waals surface area contributed by atoms with E-state index in [1.54, 1.807) is 17.9 Å². The van der Waals surface area contributed by atoms with Crippen molar-refractivity contribution in [3.05, 3.63) is 95.3 Å². The molecule has 3 rings (SSSR count). The molecule has 166 valence electrons. The predicted octanol–water partition coefficient (Wildman–Crippen LogP) is 5.08. The third-order valence-electron chi connectivity index (χ3n) is 5.10. The molecule has 1 N–H and O–H groups in total. The van der Waals surface area contributed by atoms with Crippen LogP contribution in [0.2, 0.25) is 0 Å². The van der Waals surface area contributed by atoms with Gasteiger partial charge in [0.15, 0.2) is 0 Å². The molecule has 0 bridgehead atoms. The van der Waals surface area contributed by atoms with Gasteiger partial charge in [0.25, 0.3) is 5.91 Å². The Labute approximate surface area is 188 Å². The van der Waals surface area contributed by atoms with Gasteiger partial charge < -0.3 is 15.1 Å². The number of carbonyl (C=O) groups excluding carboxylic acids is 2. The number of amides is 2. The van der Waals surface area contributed by atoms with Crippen LogP contribution in [-0.2, 0) is 17.9 Å². The lowest BCUT2D eigenvalue weighted by molar-refractivity contribution is -0.115. The van der Waals surface area contributed by atoms with Crippen LogP contribution in [0.1, 0.15) is 34.8 Å². The Hall–Kier alpha value is -3.67. The van der Waals surface area contributed by atoms with Crippen molar-refractivity contribution in [1.29, 1.82) is 0 Å². The van der Waals surface area contributed by atoms with Crippen LogP contribution < -0.4 is 10.2 Å². The Balaban J connectivity index is 1.98. The van der Waals surface area contributed by atoms with Gasteiger partial charge in [0.2, 0.25) is 5.91 Å². The number of halogens is 1. The largest absolute Gasteiger partial charge is 0.377 e. The van der Waals surface area contributed by atoms with Gasteiger partial charge in [-0.25, -0.2) is 4.39 Å². The van der Waals surface area contributed by atoms with E-state index in [0.717, 1.165) is 16.8 Å². The fraction of sp³-hybridized carbons (Fsp3) is 0.231. The van der Waals surface area contributed by atoms with E-state index in [-0.39, 0.29) is 11.8 Å². The van der Waals surface area contributed by atoms with Crippen molar-refractivity contribution in [3.8, 4) is 0 Å². The first-order valence-corrected chi connectivity index (χ1v) is 10.6. The highest BCUT2D eigenvalue weighted by molar-refractivity contribution is 5.94. The zero-order chi connectivity index (χ0) is 23.1. The summed E-state index contributed by atoms with van der Waals surface area (Å²) in [4.78, 5) is 28.9. The summed E-state index contributed by atoms with van der Waals surface area (Å²) in [7, 11) is 3.86. The van der Waals surface area contributed by atoms with E-state index in [1.165, 1.54) is 18.2 Å². The van der Waals surface area contributed by atoms with E-state index in [0.29, 0.717) is 30.8 Å². The van der Waals surface area contributed by atoms with Crippen LogP contribution in [0.3, 0.4) is 0 Å². The maximum atomic E-state index is 13.8. The van der Waals surface area contributed by atoms with Gasteiger partial charge in [0, 0.05) is 50.5 Å². The Morgan fingerprint density at radius 1 is 0.906 bits per heavy atom. The van der Waals surface area contributed by atoms with E-state index in [2.05, 4.69) is 5.32 Å². The highest BCUT2D eigenvalue weighted by Gasteiger charge is 2.20. The topological polar surface area (TPSA) is 52.7 Å². The van der Waals surface area contributed by atoms with Gasteiger partial charge in [0.1, 0.15) is 5.82 Å². The molecule has 0 radical (unpaired) electrons. The number of nitrogens with one attached hydrogen (secondary N) is 1. The SMILES string of the molecule is CCC(=O)Nc1ccc(N(C)C)c(CN(Cc2ccccc2)C(=O)c2cccc(F)c2)c1. The molecule has 0 aliphatic heterocycles. The lowest BCUT2D eigenvalue weighted by atomic mass is 10.1. The smallest absolute Gasteiger partial charge is 0.254 e. The highest BCUT2D eigenvalue weighted by Crippen LogP contribution is 2.26. The molecule has 0 heterocycles. The van der Waals surface area contributed by atoms with E-state index >= 15 is 0 Å². The number of rotatable bonds is 8. The molecule has 0 aliphatic carbocycles. The molecular formula is C26H28FN3O2. The number of nitrogens with zero attached hydrogens (tertiary/aromatic N) is 2. The van der Waals surface area contributed by atoms with Crippen molar-refractivity contribution in [2.45, 2.75) is 26.4 Å². The summed E-state index contributed by atoms with van der Waals surface area (Å²) in [6, 6.07) is 21.1. The normalized spacial score (nSPS) is 10.5. The van der Waals surface area contributed by atoms with E-state index in [9.17, 15) is 14.0 Å². The molecule has 0 fully saturated rings. The number of carbonyl (C=O) groups is 2. The molecule has 5 nitrogen and oxygen atoms in total. The van der Waals surface area contributed by atoms with Crippen LogP contribution in [-0.4, -0.2) is 30.8 Å². The Bertz CT molecular complexity index is 1080. The minimum atomic E-state index is -0.450. The highest BCUT2D eigenvalue weighted by atomic mass is 19.1. The lowest BCUT2D eigenvalue weighted by Gasteiger charge is -2.26. The summed E-state index contributed by atoms with van der Waals surface area (Å²) in [5.74, 6) is -0.791. The van der Waals surface area contributed by atoms with Crippen LogP contribution in [0.25, 0.3) is 0 Å². The van der Waals surface area contributed by atoms with Gasteiger partial charge in [0.05, 0.1) is 0 Å². The fourth-order valence-corrected chi connectivity index (χ4v) is 3.49. The van der Waals surface area contributed by atoms with Crippen molar-refractivity contribution in [2.24, 2.45) is 0 Å². The molecule has 0 aromatic heterocycles. The first-order chi connectivity index (χ1) is 15.4. The van der Waals surface area contributed by atoms with Crippen LogP contribution in [0, 0.1) is 5.82 Å². The van der Waals surface area contributed by atoms with Crippen molar-refractivity contribution in [1.82, 2.24) is 4.90 Å². The van der Waals surface area contributed by atoms with Gasteiger partial charge in [-0.05, 0) is 47.5 Å². The Morgan fingerprint density at radius 3 is 2.31 bits per heavy atom. The molecule has 0 aliphatic rings. The van der Waals surface area contributed by atoms with Crippen LogP contribution in [0.5, 0.6) is 0 Å². The zero-order valence-electron chi connectivity index (χ0n) is 18.6. The van der Waals surface area contributed by atoms with E-state index in [1.807, 2.05) is 67.5 Å². The molecule has 0 atom stereocenters. The first kappa shape index (κ1) is 23.0. The molecule has 6 heteroatoms. The second-order valence-corrected chi connectivity index (χ2v) is 7.80. The summed E-state index contributed by atoms with van der Waals surface area (Å²) in [5, 5.41) is 2.88. The molecule has 0 saturated heterocycles. The van der Waals surface area contributed by atoms with Gasteiger partial charge in [-0.15, -0.1) is 0 Å². The van der Waals surface area contributed by atoms with Gasteiger partial charge >= 0.3 is 0 Å². The van der Waals surface area contributed by atoms with E-state index < -0.39 is 5.82 Å². The van der Waals surface area contributed by atoms with Crippen LogP contribution in [0.15, 0.2) is 72.8 Å². The Kier molecular flexibility index (Phi) is 7.60. The lowest BCUT2D eigenvalue weighted by Crippen LogP contribution is -2.31. The zero-order valence-corrected chi connectivity index (χ0v) is 18.6. The van der Waals surface area contributed by atoms with Gasteiger partial charge in [-0.1, -0.05) is 43.3 Å². The summed E-state index contributed by atoms with van der Waals surface area (Å²) < 4.78 is 13.8. The van der Waals surface area contributed by atoms with Crippen LogP contribution >= 0.6 is 0 Å². The molecule has 32 heavy (non-hydrogen) atoms. The monoisotopic (exact) mass is 433 g/mol. The summed E-state index contributed by atoms with van der Waals surface area (Å²) in [6.07, 6.45) is 0.378. The number of anilines is 2. The summed E-state index contributed by atoms with van der Waals surface area (Å²) >= 11 is 0. The van der Waals surface area contributed by atoms with Crippen molar-refractivity contribution in [3.63, 3.8) is 0 Å². The van der Waals surface area contributed by atoms with Crippen LogP contribution in [0.4, 0.5) is 15.8 Å². The third-order valence-corrected chi connectivity index (χ3v) is 5.10. The molecule has 0 spiro atoms. The van der Waals surface area contributed by atoms with E-state index in [4.69, 9.17) is 0 Å². The molecule has 0 saturated carbocycles. The predicted molar refractivity (Wildman–Crippen MR) is 126 cm³/mol. The molecule has 3 aromatic carbocycles. The average molecular weight is 434 g/mol.